The third-order valence-electron chi connectivity index (χ3n) is 2.86. The molecule has 2 aromatic rings. The lowest BCUT2D eigenvalue weighted by molar-refractivity contribution is 0.0990. The minimum Gasteiger partial charge on any atom is -0.294 e. The number of carbonyl (C=O) groups is 1. The van der Waals surface area contributed by atoms with Crippen molar-refractivity contribution in [2.75, 3.05) is 0 Å². The molecule has 0 aliphatic rings. The summed E-state index contributed by atoms with van der Waals surface area (Å²) in [4.78, 5) is 12.3. The standard InChI is InChI=1S/C14H15BrN2O/c1-9-4-5-13(15)12(6-9)14(18)8-11-7-10(2)16-17(11)3/h4-7H,8H2,1-3H3. The van der Waals surface area contributed by atoms with Crippen LogP contribution in [0.15, 0.2) is 28.7 Å². The molecule has 0 saturated carbocycles. The van der Waals surface area contributed by atoms with Crippen LogP contribution >= 0.6 is 15.9 Å². The van der Waals surface area contributed by atoms with Crippen molar-refractivity contribution in [3.05, 3.63) is 51.3 Å². The summed E-state index contributed by atoms with van der Waals surface area (Å²) < 4.78 is 2.61. The van der Waals surface area contributed by atoms with Crippen LogP contribution in [-0.2, 0) is 13.5 Å². The highest BCUT2D eigenvalue weighted by atomic mass is 79.9. The number of carbonyl (C=O) groups excluding carboxylic acids is 1. The van der Waals surface area contributed by atoms with Crippen LogP contribution in [0.25, 0.3) is 0 Å². The normalized spacial score (nSPS) is 10.7. The van der Waals surface area contributed by atoms with Gasteiger partial charge >= 0.3 is 0 Å². The fourth-order valence-electron chi connectivity index (χ4n) is 1.94. The Labute approximate surface area is 115 Å². The van der Waals surface area contributed by atoms with Gasteiger partial charge in [0.15, 0.2) is 5.78 Å². The highest BCUT2D eigenvalue weighted by molar-refractivity contribution is 9.10. The third kappa shape index (κ3) is 2.70. The van der Waals surface area contributed by atoms with Gasteiger partial charge in [-0.1, -0.05) is 27.6 Å². The van der Waals surface area contributed by atoms with Crippen molar-refractivity contribution in [3.8, 4) is 0 Å². The maximum Gasteiger partial charge on any atom is 0.169 e. The highest BCUT2D eigenvalue weighted by Crippen LogP contribution is 2.20. The van der Waals surface area contributed by atoms with Gasteiger partial charge in [0.25, 0.3) is 0 Å². The summed E-state index contributed by atoms with van der Waals surface area (Å²) >= 11 is 3.42. The van der Waals surface area contributed by atoms with Gasteiger partial charge in [-0.25, -0.2) is 0 Å². The fraction of sp³-hybridized carbons (Fsp3) is 0.286. The van der Waals surface area contributed by atoms with Crippen molar-refractivity contribution in [1.29, 1.82) is 0 Å². The van der Waals surface area contributed by atoms with Crippen LogP contribution in [0, 0.1) is 13.8 Å². The predicted molar refractivity (Wildman–Crippen MR) is 74.9 cm³/mol. The van der Waals surface area contributed by atoms with Crippen LogP contribution < -0.4 is 0 Å². The zero-order chi connectivity index (χ0) is 13.3. The van der Waals surface area contributed by atoms with Crippen molar-refractivity contribution in [2.45, 2.75) is 20.3 Å². The van der Waals surface area contributed by atoms with Crippen LogP contribution in [0.2, 0.25) is 0 Å². The number of hydrogen-bond donors (Lipinski definition) is 0. The molecule has 3 nitrogen and oxygen atoms in total. The van der Waals surface area contributed by atoms with E-state index in [0.29, 0.717) is 6.42 Å². The number of aryl methyl sites for hydroxylation is 3. The van der Waals surface area contributed by atoms with Crippen LogP contribution in [0.3, 0.4) is 0 Å². The highest BCUT2D eigenvalue weighted by Gasteiger charge is 2.13. The molecular formula is C14H15BrN2O. The number of rotatable bonds is 3. The van der Waals surface area contributed by atoms with E-state index in [4.69, 9.17) is 0 Å². The summed E-state index contributed by atoms with van der Waals surface area (Å²) in [6.07, 6.45) is 0.374. The van der Waals surface area contributed by atoms with Gasteiger partial charge in [0.1, 0.15) is 0 Å². The Balaban J connectivity index is 2.27. The van der Waals surface area contributed by atoms with Crippen molar-refractivity contribution >= 4 is 21.7 Å². The van der Waals surface area contributed by atoms with Gasteiger partial charge in [-0.3, -0.25) is 9.48 Å². The molecule has 1 heterocycles. The Morgan fingerprint density at radius 2 is 2.06 bits per heavy atom. The van der Waals surface area contributed by atoms with E-state index in [9.17, 15) is 4.79 Å². The van der Waals surface area contributed by atoms with Gasteiger partial charge in [0.2, 0.25) is 0 Å². The first-order valence-corrected chi connectivity index (χ1v) is 6.55. The predicted octanol–water partition coefficient (Wildman–Crippen LogP) is 3.22. The van der Waals surface area contributed by atoms with Gasteiger partial charge in [-0.15, -0.1) is 0 Å². The van der Waals surface area contributed by atoms with E-state index in [1.807, 2.05) is 45.2 Å². The molecule has 0 N–H and O–H groups in total. The molecule has 0 fully saturated rings. The molecule has 4 heteroatoms. The molecule has 2 rings (SSSR count). The lowest BCUT2D eigenvalue weighted by Gasteiger charge is -2.05. The molecule has 0 aliphatic carbocycles. The van der Waals surface area contributed by atoms with Crippen LogP contribution in [-0.4, -0.2) is 15.6 Å². The molecule has 0 spiro atoms. The summed E-state index contributed by atoms with van der Waals surface area (Å²) in [6.45, 7) is 3.91. The van der Waals surface area contributed by atoms with Gasteiger partial charge in [-0.05, 0) is 32.0 Å². The fourth-order valence-corrected chi connectivity index (χ4v) is 2.41. The van der Waals surface area contributed by atoms with Gasteiger partial charge in [0.05, 0.1) is 12.1 Å². The van der Waals surface area contributed by atoms with E-state index in [1.54, 1.807) is 4.68 Å². The molecule has 18 heavy (non-hydrogen) atoms. The van der Waals surface area contributed by atoms with Crippen molar-refractivity contribution in [3.63, 3.8) is 0 Å². The van der Waals surface area contributed by atoms with E-state index in [1.165, 1.54) is 0 Å². The Kier molecular flexibility index (Phi) is 3.66. The van der Waals surface area contributed by atoms with E-state index >= 15 is 0 Å². The summed E-state index contributed by atoms with van der Waals surface area (Å²) in [5.41, 5.74) is 3.69. The second-order valence-electron chi connectivity index (χ2n) is 4.48. The minimum absolute atomic E-state index is 0.105. The minimum atomic E-state index is 0.105. The zero-order valence-electron chi connectivity index (χ0n) is 10.7. The van der Waals surface area contributed by atoms with Gasteiger partial charge in [0, 0.05) is 22.8 Å². The molecule has 0 atom stereocenters. The summed E-state index contributed by atoms with van der Waals surface area (Å²) in [5.74, 6) is 0.105. The van der Waals surface area contributed by atoms with Gasteiger partial charge < -0.3 is 0 Å². The molecule has 94 valence electrons. The number of aromatic nitrogens is 2. The largest absolute Gasteiger partial charge is 0.294 e. The molecule has 0 unspecified atom stereocenters. The molecular weight excluding hydrogens is 292 g/mol. The van der Waals surface area contributed by atoms with Gasteiger partial charge in [-0.2, -0.15) is 5.10 Å². The first-order chi connectivity index (χ1) is 8.47. The first kappa shape index (κ1) is 13.0. The summed E-state index contributed by atoms with van der Waals surface area (Å²) in [6, 6.07) is 7.75. The van der Waals surface area contributed by atoms with E-state index in [-0.39, 0.29) is 5.78 Å². The number of Topliss-reactive ketones (excluding diaryl/α,β-unsaturated/α-hetero) is 1. The number of nitrogens with zero attached hydrogens (tertiary/aromatic N) is 2. The van der Waals surface area contributed by atoms with Crippen LogP contribution in [0.1, 0.15) is 27.3 Å². The Hall–Kier alpha value is -1.42. The van der Waals surface area contributed by atoms with Crippen LogP contribution in [0.4, 0.5) is 0 Å². The number of ketones is 1. The maximum absolute atomic E-state index is 12.3. The summed E-state index contributed by atoms with van der Waals surface area (Å²) in [5, 5.41) is 4.25. The lowest BCUT2D eigenvalue weighted by atomic mass is 10.0. The molecule has 0 saturated heterocycles. The molecule has 0 radical (unpaired) electrons. The average Bonchev–Trinajstić information content (AvgIpc) is 2.61. The average molecular weight is 307 g/mol. The first-order valence-electron chi connectivity index (χ1n) is 5.76. The Bertz CT molecular complexity index is 602. The zero-order valence-corrected chi connectivity index (χ0v) is 12.3. The van der Waals surface area contributed by atoms with E-state index < -0.39 is 0 Å². The van der Waals surface area contributed by atoms with Crippen molar-refractivity contribution in [1.82, 2.24) is 9.78 Å². The maximum atomic E-state index is 12.3. The monoisotopic (exact) mass is 306 g/mol. The number of hydrogen-bond acceptors (Lipinski definition) is 2. The van der Waals surface area contributed by atoms with E-state index in [0.717, 1.165) is 27.0 Å². The SMILES string of the molecule is Cc1ccc(Br)c(C(=O)Cc2cc(C)nn2C)c1. The van der Waals surface area contributed by atoms with Crippen molar-refractivity contribution < 1.29 is 4.79 Å². The molecule has 0 amide bonds. The van der Waals surface area contributed by atoms with Crippen molar-refractivity contribution in [2.24, 2.45) is 7.05 Å². The second kappa shape index (κ2) is 5.06. The Morgan fingerprint density at radius 3 is 2.67 bits per heavy atom. The molecule has 0 bridgehead atoms. The van der Waals surface area contributed by atoms with E-state index in [2.05, 4.69) is 21.0 Å². The number of halogens is 1. The molecule has 1 aromatic heterocycles. The quantitative estimate of drug-likeness (QED) is 0.816. The Morgan fingerprint density at radius 1 is 1.33 bits per heavy atom. The molecule has 1 aromatic carbocycles. The van der Waals surface area contributed by atoms with Crippen LogP contribution in [0.5, 0.6) is 0 Å². The topological polar surface area (TPSA) is 34.9 Å². The number of benzene rings is 1. The smallest absolute Gasteiger partial charge is 0.169 e. The third-order valence-corrected chi connectivity index (χ3v) is 3.55. The molecule has 0 aliphatic heterocycles. The second-order valence-corrected chi connectivity index (χ2v) is 5.34. The lowest BCUT2D eigenvalue weighted by Crippen LogP contribution is -2.08. The summed E-state index contributed by atoms with van der Waals surface area (Å²) in [7, 11) is 1.86.